The minimum absolute atomic E-state index is 0.0815. The SMILES string of the molecule is O=C(NCCc1ccc(Cl)cc1)c1ccc2nnc(CC3CC3)n2c1. The largest absolute Gasteiger partial charge is 0.352 e. The standard InChI is InChI=1S/C19H19ClN4O/c20-16-6-3-13(4-7-16)9-10-21-19(25)15-5-8-17-22-23-18(24(17)12-15)11-14-1-2-14/h3-8,12,14H,1-2,9-11H2,(H,21,25). The molecule has 0 bridgehead atoms. The molecular formula is C19H19ClN4O. The van der Waals surface area contributed by atoms with Gasteiger partial charge in [0.1, 0.15) is 5.82 Å². The fourth-order valence-electron chi connectivity index (χ4n) is 2.87. The number of hydrogen-bond acceptors (Lipinski definition) is 3. The van der Waals surface area contributed by atoms with Crippen molar-refractivity contribution in [2.45, 2.75) is 25.7 Å². The molecule has 0 radical (unpaired) electrons. The number of rotatable bonds is 6. The molecule has 5 nitrogen and oxygen atoms in total. The zero-order chi connectivity index (χ0) is 17.2. The van der Waals surface area contributed by atoms with Gasteiger partial charge in [-0.15, -0.1) is 10.2 Å². The van der Waals surface area contributed by atoms with Gasteiger partial charge in [-0.3, -0.25) is 9.20 Å². The van der Waals surface area contributed by atoms with Crippen molar-refractivity contribution in [3.63, 3.8) is 0 Å². The van der Waals surface area contributed by atoms with E-state index in [1.165, 1.54) is 12.8 Å². The Kier molecular flexibility index (Phi) is 4.40. The van der Waals surface area contributed by atoms with Gasteiger partial charge < -0.3 is 5.32 Å². The lowest BCUT2D eigenvalue weighted by atomic mass is 10.1. The van der Waals surface area contributed by atoms with Crippen molar-refractivity contribution in [2.75, 3.05) is 6.54 Å². The van der Waals surface area contributed by atoms with E-state index in [0.717, 1.165) is 40.8 Å². The molecule has 0 atom stereocenters. The van der Waals surface area contributed by atoms with E-state index in [1.807, 2.05) is 40.9 Å². The maximum atomic E-state index is 12.4. The van der Waals surface area contributed by atoms with Gasteiger partial charge in [0.25, 0.3) is 5.91 Å². The number of carbonyl (C=O) groups is 1. The van der Waals surface area contributed by atoms with Crippen molar-refractivity contribution in [3.05, 3.63) is 64.6 Å². The summed E-state index contributed by atoms with van der Waals surface area (Å²) in [7, 11) is 0. The number of benzene rings is 1. The fraction of sp³-hybridized carbons (Fsp3) is 0.316. The average Bonchev–Trinajstić information content (AvgIpc) is 3.35. The molecule has 2 heterocycles. The lowest BCUT2D eigenvalue weighted by molar-refractivity contribution is 0.0953. The number of fused-ring (bicyclic) bond motifs is 1. The summed E-state index contributed by atoms with van der Waals surface area (Å²) < 4.78 is 1.94. The average molecular weight is 355 g/mol. The minimum Gasteiger partial charge on any atom is -0.352 e. The Hall–Kier alpha value is -2.40. The summed E-state index contributed by atoms with van der Waals surface area (Å²) in [6, 6.07) is 11.3. The maximum absolute atomic E-state index is 12.4. The molecule has 1 aliphatic carbocycles. The Labute approximate surface area is 151 Å². The van der Waals surface area contributed by atoms with Crippen LogP contribution in [0, 0.1) is 5.92 Å². The molecule has 4 rings (SSSR count). The summed E-state index contributed by atoms with van der Waals surface area (Å²) in [6.07, 6.45) is 6.07. The van der Waals surface area contributed by atoms with Crippen molar-refractivity contribution < 1.29 is 4.79 Å². The van der Waals surface area contributed by atoms with Gasteiger partial charge in [-0.05, 0) is 55.0 Å². The van der Waals surface area contributed by atoms with E-state index in [4.69, 9.17) is 11.6 Å². The van der Waals surface area contributed by atoms with Crippen molar-refractivity contribution in [3.8, 4) is 0 Å². The Bertz CT molecular complexity index is 899. The van der Waals surface area contributed by atoms with Crippen LogP contribution in [-0.4, -0.2) is 27.0 Å². The number of amides is 1. The summed E-state index contributed by atoms with van der Waals surface area (Å²) in [5.74, 6) is 1.58. The number of aromatic nitrogens is 3. The summed E-state index contributed by atoms with van der Waals surface area (Å²) in [6.45, 7) is 0.579. The Balaban J connectivity index is 1.41. The first kappa shape index (κ1) is 16.1. The second kappa shape index (κ2) is 6.84. The van der Waals surface area contributed by atoms with E-state index in [0.29, 0.717) is 12.1 Å². The molecule has 128 valence electrons. The van der Waals surface area contributed by atoms with Crippen LogP contribution in [0.25, 0.3) is 5.65 Å². The molecule has 0 unspecified atom stereocenters. The molecule has 1 aliphatic rings. The third kappa shape index (κ3) is 3.82. The third-order valence-electron chi connectivity index (χ3n) is 4.52. The second-order valence-electron chi connectivity index (χ2n) is 6.54. The first-order valence-corrected chi connectivity index (χ1v) is 8.93. The summed E-state index contributed by atoms with van der Waals surface area (Å²) in [5, 5.41) is 12.1. The molecule has 0 spiro atoms. The molecule has 1 saturated carbocycles. The zero-order valence-electron chi connectivity index (χ0n) is 13.8. The lowest BCUT2D eigenvalue weighted by Gasteiger charge is -2.07. The minimum atomic E-state index is -0.0815. The number of pyridine rings is 1. The van der Waals surface area contributed by atoms with Gasteiger partial charge in [0, 0.05) is 24.2 Å². The van der Waals surface area contributed by atoms with Crippen LogP contribution in [-0.2, 0) is 12.8 Å². The number of halogens is 1. The predicted molar refractivity (Wildman–Crippen MR) is 96.9 cm³/mol. The molecule has 6 heteroatoms. The highest BCUT2D eigenvalue weighted by molar-refractivity contribution is 6.30. The Morgan fingerprint density at radius 2 is 1.96 bits per heavy atom. The van der Waals surface area contributed by atoms with Crippen LogP contribution >= 0.6 is 11.6 Å². The molecule has 3 aromatic rings. The zero-order valence-corrected chi connectivity index (χ0v) is 14.5. The van der Waals surface area contributed by atoms with E-state index in [1.54, 1.807) is 6.07 Å². The van der Waals surface area contributed by atoms with Gasteiger partial charge in [-0.1, -0.05) is 23.7 Å². The quantitative estimate of drug-likeness (QED) is 0.738. The monoisotopic (exact) mass is 354 g/mol. The summed E-state index contributed by atoms with van der Waals surface area (Å²) >= 11 is 5.88. The molecule has 1 fully saturated rings. The Morgan fingerprint density at radius 1 is 1.16 bits per heavy atom. The molecule has 1 amide bonds. The highest BCUT2D eigenvalue weighted by Gasteiger charge is 2.24. The van der Waals surface area contributed by atoms with Crippen LogP contribution in [0.5, 0.6) is 0 Å². The van der Waals surface area contributed by atoms with Gasteiger partial charge in [0.2, 0.25) is 0 Å². The van der Waals surface area contributed by atoms with Gasteiger partial charge in [-0.2, -0.15) is 0 Å². The normalized spacial score (nSPS) is 14.0. The van der Waals surface area contributed by atoms with Crippen molar-refractivity contribution >= 4 is 23.2 Å². The molecule has 25 heavy (non-hydrogen) atoms. The van der Waals surface area contributed by atoms with Crippen LogP contribution in [0.1, 0.15) is 34.6 Å². The highest BCUT2D eigenvalue weighted by Crippen LogP contribution is 2.32. The van der Waals surface area contributed by atoms with E-state index in [2.05, 4.69) is 15.5 Å². The highest BCUT2D eigenvalue weighted by atomic mass is 35.5. The van der Waals surface area contributed by atoms with Gasteiger partial charge in [-0.25, -0.2) is 0 Å². The summed E-state index contributed by atoms with van der Waals surface area (Å²) in [5.41, 5.74) is 2.56. The number of nitrogens with one attached hydrogen (secondary N) is 1. The smallest absolute Gasteiger partial charge is 0.252 e. The maximum Gasteiger partial charge on any atom is 0.252 e. The topological polar surface area (TPSA) is 59.3 Å². The second-order valence-corrected chi connectivity index (χ2v) is 6.98. The first-order chi connectivity index (χ1) is 12.2. The van der Waals surface area contributed by atoms with Crippen LogP contribution in [0.4, 0.5) is 0 Å². The molecule has 1 aromatic carbocycles. The Morgan fingerprint density at radius 3 is 2.72 bits per heavy atom. The third-order valence-corrected chi connectivity index (χ3v) is 4.77. The molecule has 1 N–H and O–H groups in total. The van der Waals surface area contributed by atoms with E-state index >= 15 is 0 Å². The predicted octanol–water partition coefficient (Wildman–Crippen LogP) is 3.31. The van der Waals surface area contributed by atoms with E-state index in [9.17, 15) is 4.79 Å². The van der Waals surface area contributed by atoms with Gasteiger partial charge >= 0.3 is 0 Å². The molecule has 2 aromatic heterocycles. The van der Waals surface area contributed by atoms with Crippen LogP contribution in [0.3, 0.4) is 0 Å². The summed E-state index contributed by atoms with van der Waals surface area (Å²) in [4.78, 5) is 12.4. The first-order valence-electron chi connectivity index (χ1n) is 8.55. The van der Waals surface area contributed by atoms with Gasteiger partial charge in [0.05, 0.1) is 5.56 Å². The van der Waals surface area contributed by atoms with E-state index < -0.39 is 0 Å². The number of hydrogen-bond donors (Lipinski definition) is 1. The number of nitrogens with zero attached hydrogens (tertiary/aromatic N) is 3. The van der Waals surface area contributed by atoms with Crippen molar-refractivity contribution in [1.82, 2.24) is 19.9 Å². The van der Waals surface area contributed by atoms with Crippen molar-refractivity contribution in [2.24, 2.45) is 5.92 Å². The van der Waals surface area contributed by atoms with Crippen molar-refractivity contribution in [1.29, 1.82) is 0 Å². The fourth-order valence-corrected chi connectivity index (χ4v) is 2.99. The lowest BCUT2D eigenvalue weighted by Crippen LogP contribution is -2.26. The molecule has 0 saturated heterocycles. The van der Waals surface area contributed by atoms with Gasteiger partial charge in [0.15, 0.2) is 5.65 Å². The van der Waals surface area contributed by atoms with E-state index in [-0.39, 0.29) is 5.91 Å². The van der Waals surface area contributed by atoms with Crippen LogP contribution in [0.2, 0.25) is 5.02 Å². The van der Waals surface area contributed by atoms with Crippen LogP contribution < -0.4 is 5.32 Å². The molecular weight excluding hydrogens is 336 g/mol. The number of carbonyl (C=O) groups excluding carboxylic acids is 1. The molecule has 0 aliphatic heterocycles. The van der Waals surface area contributed by atoms with Crippen LogP contribution in [0.15, 0.2) is 42.6 Å².